The van der Waals surface area contributed by atoms with E-state index in [-0.39, 0.29) is 119 Å². The summed E-state index contributed by atoms with van der Waals surface area (Å²) in [5, 5.41) is 1.71. The molecule has 1 unspecified atom stereocenters. The fourth-order valence-corrected chi connectivity index (χ4v) is 4.06. The summed E-state index contributed by atoms with van der Waals surface area (Å²) in [4.78, 5) is 27.5. The summed E-state index contributed by atoms with van der Waals surface area (Å²) in [7, 11) is 0. The Hall–Kier alpha value is -2.34. The van der Waals surface area contributed by atoms with Crippen molar-refractivity contribution in [2.24, 2.45) is 5.92 Å². The maximum absolute atomic E-state index is 11.7. The minimum Gasteiger partial charge on any atom is -0.493 e. The monoisotopic (exact) mass is 543 g/mol. The van der Waals surface area contributed by atoms with E-state index in [2.05, 4.69) is 36.3 Å². The highest BCUT2D eigenvalue weighted by molar-refractivity contribution is 8.15. The smallest absolute Gasteiger partial charge is 0.286 e. The second-order valence-corrected chi connectivity index (χ2v) is 8.72. The number of hydrogen-bond acceptors (Lipinski definition) is 5. The minimum absolute atomic E-state index is 0. The van der Waals surface area contributed by atoms with Crippen LogP contribution >= 0.6 is 11.8 Å². The molecular formula is C22H170N2O3S. The second kappa shape index (κ2) is 9.24. The van der Waals surface area contributed by atoms with Crippen LogP contribution in [0, 0.1) is 12.8 Å². The molecule has 1 aliphatic rings. The molecule has 292 valence electrons. The van der Waals surface area contributed by atoms with Crippen molar-refractivity contribution >= 4 is 22.9 Å². The largest absolute Gasteiger partial charge is 0.493 e. The molecule has 5 nitrogen and oxygen atoms in total. The topological polar surface area (TPSA) is 68.3 Å². The number of hydrogen-bond donors (Lipinski definition) is 1. The first-order valence-corrected chi connectivity index (χ1v) is 10.5. The van der Waals surface area contributed by atoms with Gasteiger partial charge in [0.2, 0.25) is 5.91 Å². The lowest BCUT2D eigenvalue weighted by Gasteiger charge is -2.12. The van der Waals surface area contributed by atoms with Gasteiger partial charge in [0.15, 0.2) is 0 Å². The number of thioether (sulfide) groups is 1. The Balaban J connectivity index is -0.00000000184. The number of carbonyl (C=O) groups excluding carboxylic acids is 2. The lowest BCUT2D eigenvalue weighted by atomic mass is 10.0. The number of aryl methyl sites for hydroxylation is 1. The molecule has 3 rings (SSSR count). The maximum Gasteiger partial charge on any atom is 0.286 e. The van der Waals surface area contributed by atoms with Crippen LogP contribution in [0.4, 0.5) is 4.79 Å². The van der Waals surface area contributed by atoms with Gasteiger partial charge in [-0.25, -0.2) is 0 Å². The number of amides is 2. The molecule has 0 radical (unpaired) electrons. The number of aromatic nitrogens is 1. The Morgan fingerprint density at radius 3 is 2.61 bits per heavy atom. The van der Waals surface area contributed by atoms with Crippen LogP contribution in [0.1, 0.15) is 139 Å². The zero-order valence-electron chi connectivity index (χ0n) is 16.5. The van der Waals surface area contributed by atoms with Crippen LogP contribution in [-0.4, -0.2) is 28.0 Å². The van der Waals surface area contributed by atoms with Crippen LogP contribution in [0.25, 0.3) is 0 Å². The first kappa shape index (κ1) is 20.4. The second-order valence-electron chi connectivity index (χ2n) is 7.54. The Kier molecular flexibility index (Phi) is 6.73. The summed E-state index contributed by atoms with van der Waals surface area (Å²) < 4.78 is 5.92. The van der Waals surface area contributed by atoms with E-state index in [0.29, 0.717) is 18.9 Å². The molecule has 1 aromatic heterocycles. The first-order valence-electron chi connectivity index (χ1n) is 9.58. The number of nitrogens with one attached hydrogen (secondary N) is 1. The summed E-state index contributed by atoms with van der Waals surface area (Å²) in [5.41, 5.74) is 4.33. The van der Waals surface area contributed by atoms with Crippen molar-refractivity contribution in [3.63, 3.8) is 0 Å². The van der Waals surface area contributed by atoms with Crippen LogP contribution in [0.3, 0.4) is 0 Å². The predicted octanol–water partition coefficient (Wildman–Crippen LogP) is 21.8. The molecule has 1 saturated heterocycles. The molecule has 0 aliphatic carbocycles. The molecule has 28 heavy (non-hydrogen) atoms. The van der Waals surface area contributed by atoms with Gasteiger partial charge >= 0.3 is 0 Å². The summed E-state index contributed by atoms with van der Waals surface area (Å²) in [6.07, 6.45) is 4.29. The number of nitrogens with zero attached hydrogens (tertiary/aromatic N) is 1. The van der Waals surface area contributed by atoms with Crippen LogP contribution in [-0.2, 0) is 24.1 Å². The van der Waals surface area contributed by atoms with Gasteiger partial charge in [-0.3, -0.25) is 19.9 Å². The van der Waals surface area contributed by atoms with Crippen molar-refractivity contribution in [2.75, 3.05) is 6.61 Å². The van der Waals surface area contributed by atoms with Crippen LogP contribution in [0.2, 0.25) is 0 Å². The van der Waals surface area contributed by atoms with E-state index >= 15 is 0 Å². The van der Waals surface area contributed by atoms with Crippen molar-refractivity contribution in [1.82, 2.24) is 10.3 Å². The summed E-state index contributed by atoms with van der Waals surface area (Å²) in [6.45, 7) is 6.96. The Morgan fingerprint density at radius 2 is 2.00 bits per heavy atom. The third-order valence-electron chi connectivity index (χ3n) is 4.57. The number of benzene rings is 1. The van der Waals surface area contributed by atoms with Gasteiger partial charge < -0.3 is 4.74 Å². The average molecular weight is 544 g/mol. The fourth-order valence-electron chi connectivity index (χ4n) is 3.20. The lowest BCUT2D eigenvalue weighted by Crippen LogP contribution is -2.25. The van der Waals surface area contributed by atoms with Crippen molar-refractivity contribution in [2.45, 2.75) is 45.3 Å². The van der Waals surface area contributed by atoms with Gasteiger partial charge in [0, 0.05) is 121 Å². The molecule has 1 aliphatic heterocycles. The van der Waals surface area contributed by atoms with Crippen molar-refractivity contribution in [1.29, 1.82) is 0 Å². The minimum atomic E-state index is -0.344. The standard InChI is InChI=1S/C22H26N2O3S.72H2/c1-14(2)10-17-4-6-18(23-13-17)8-9-27-19-7-5-16(11-15(19)3)12-20-21(25)24-22(26)28-20;;;;;;;;;;;;;;;;;;;;;;;;;;;;;;;;;;;;;;;;;;;;;;;;;;;;;;;;;;;;;;;;;;;;;;;;/h4-7,11,13-14,20H,8-10,12H2,1-3H3,(H,24,25,26);72*1H. The maximum atomic E-state index is 11.7. The van der Waals surface area contributed by atoms with E-state index in [1.165, 1.54) is 5.56 Å². The van der Waals surface area contributed by atoms with Crippen LogP contribution in [0.5, 0.6) is 5.75 Å². The first-order chi connectivity index (χ1) is 13.4. The molecule has 0 bridgehead atoms. The molecule has 1 fully saturated rings. The number of carbonyl (C=O) groups is 2. The third-order valence-corrected chi connectivity index (χ3v) is 5.55. The van der Waals surface area contributed by atoms with Gasteiger partial charge in [0.1, 0.15) is 5.75 Å². The lowest BCUT2D eigenvalue weighted by molar-refractivity contribution is -0.118. The van der Waals surface area contributed by atoms with Gasteiger partial charge in [0.25, 0.3) is 5.24 Å². The number of rotatable bonds is 8. The zero-order valence-corrected chi connectivity index (χ0v) is 17.3. The van der Waals surface area contributed by atoms with E-state index in [1.54, 1.807) is 0 Å². The molecule has 2 amide bonds. The van der Waals surface area contributed by atoms with E-state index < -0.39 is 0 Å². The molecule has 1 atom stereocenters. The summed E-state index contributed by atoms with van der Waals surface area (Å²) in [6, 6.07) is 10.1. The fraction of sp³-hybridized carbons (Fsp3) is 0.409. The van der Waals surface area contributed by atoms with E-state index in [1.807, 2.05) is 31.3 Å². The highest BCUT2D eigenvalue weighted by atomic mass is 32.2. The summed E-state index contributed by atoms with van der Waals surface area (Å²) >= 11 is 1.06. The van der Waals surface area contributed by atoms with Gasteiger partial charge in [0.05, 0.1) is 11.9 Å². The third kappa shape index (κ3) is 5.58. The highest BCUT2D eigenvalue weighted by Crippen LogP contribution is 2.26. The number of imide groups is 1. The molecule has 1 N–H and O–H groups in total. The van der Waals surface area contributed by atoms with Gasteiger partial charge in [-0.1, -0.05) is 43.8 Å². The molecular weight excluding hydrogens is 372 g/mol. The Labute approximate surface area is 277 Å². The van der Waals surface area contributed by atoms with E-state index in [9.17, 15) is 9.59 Å². The molecule has 6 heteroatoms. The van der Waals surface area contributed by atoms with Crippen molar-refractivity contribution < 1.29 is 117 Å². The average Bonchev–Trinajstić information content (AvgIpc) is 2.95. The molecule has 1 aromatic carbocycles. The SMILES string of the molecule is Cc1cc(CC2SC(=O)NC2=O)ccc1OCCc1ccc(CC(C)C)cn1.[HH].[HH].[HH].[HH].[HH].[HH].[HH].[HH].[HH].[HH].[HH].[HH].[HH].[HH].[HH].[HH].[HH].[HH].[HH].[HH].[HH].[HH].[HH].[HH].[HH].[HH].[HH].[HH].[HH].[HH].[HH].[HH].[HH].[HH].[HH].[HH].[HH].[HH].[HH].[HH].[HH].[HH].[HH].[HH].[HH].[HH].[HH].[HH].[HH].[HH].[HH].[HH].[HH].[HH].[HH].[HH].[HH].[HH].[HH].[HH].[HH].[HH].[HH].[HH].[HH].[HH].[HH].[HH].[HH].[HH].[HH].[HH]. The number of ether oxygens (including phenoxy) is 1. The molecule has 0 spiro atoms. The normalized spacial score (nSPS) is 16.5. The predicted molar refractivity (Wildman–Crippen MR) is 264 cm³/mol. The quantitative estimate of drug-likeness (QED) is 0.358. The van der Waals surface area contributed by atoms with Crippen LogP contribution < -0.4 is 10.1 Å². The van der Waals surface area contributed by atoms with Gasteiger partial charge in [-0.15, -0.1) is 0 Å². The van der Waals surface area contributed by atoms with Gasteiger partial charge in [-0.2, -0.15) is 0 Å². The summed E-state index contributed by atoms with van der Waals surface area (Å²) in [5.74, 6) is 1.25. The molecule has 2 aromatic rings. The van der Waals surface area contributed by atoms with E-state index in [4.69, 9.17) is 4.74 Å². The van der Waals surface area contributed by atoms with Gasteiger partial charge in [-0.05, 0) is 54.5 Å². The number of pyridine rings is 1. The van der Waals surface area contributed by atoms with Crippen LogP contribution in [0.15, 0.2) is 36.5 Å². The Bertz CT molecular complexity index is 935. The highest BCUT2D eigenvalue weighted by Gasteiger charge is 2.31. The molecule has 0 saturated carbocycles. The Morgan fingerprint density at radius 1 is 1.21 bits per heavy atom. The van der Waals surface area contributed by atoms with E-state index in [0.717, 1.165) is 47.2 Å². The molecule has 2 heterocycles. The van der Waals surface area contributed by atoms with Crippen molar-refractivity contribution in [3.8, 4) is 5.75 Å². The van der Waals surface area contributed by atoms with Crippen molar-refractivity contribution in [3.05, 3.63) is 58.9 Å². The zero-order chi connectivity index (χ0) is 20.1.